The van der Waals surface area contributed by atoms with Crippen molar-refractivity contribution in [1.29, 1.82) is 5.41 Å². The zero-order valence-corrected chi connectivity index (χ0v) is 6.67. The second-order valence-electron chi connectivity index (χ2n) is 2.88. The van der Waals surface area contributed by atoms with Crippen molar-refractivity contribution < 1.29 is 9.57 Å². The molecule has 2 N–H and O–H groups in total. The molecule has 0 aromatic heterocycles. The molecule has 0 aromatic rings. The Labute approximate surface area is 66.3 Å². The second-order valence-corrected chi connectivity index (χ2v) is 2.88. The normalized spacial score (nSPS) is 24.3. The summed E-state index contributed by atoms with van der Waals surface area (Å²) in [5, 5.41) is 6.57. The molecule has 0 bridgehead atoms. The SMILES string of the molecule is CC(CNOC=N)CC1CO1. The number of hydroxylamine groups is 1. The van der Waals surface area contributed by atoms with Crippen molar-refractivity contribution in [2.75, 3.05) is 13.2 Å². The van der Waals surface area contributed by atoms with E-state index in [0.29, 0.717) is 12.0 Å². The summed E-state index contributed by atoms with van der Waals surface area (Å²) in [7, 11) is 0. The van der Waals surface area contributed by atoms with Crippen LogP contribution in [-0.2, 0) is 9.57 Å². The fourth-order valence-electron chi connectivity index (χ4n) is 0.968. The first-order valence-corrected chi connectivity index (χ1v) is 3.82. The molecule has 1 fully saturated rings. The van der Waals surface area contributed by atoms with E-state index < -0.39 is 0 Å². The molecule has 0 amide bonds. The van der Waals surface area contributed by atoms with E-state index >= 15 is 0 Å². The van der Waals surface area contributed by atoms with Crippen LogP contribution in [0.5, 0.6) is 0 Å². The van der Waals surface area contributed by atoms with Gasteiger partial charge in [-0.05, 0) is 12.3 Å². The Morgan fingerprint density at radius 2 is 2.64 bits per heavy atom. The molecule has 0 spiro atoms. The van der Waals surface area contributed by atoms with Gasteiger partial charge in [-0.3, -0.25) is 5.41 Å². The molecule has 4 heteroatoms. The lowest BCUT2D eigenvalue weighted by atomic mass is 10.1. The number of hydrogen-bond donors (Lipinski definition) is 2. The van der Waals surface area contributed by atoms with Crippen LogP contribution in [0.25, 0.3) is 0 Å². The maximum Gasteiger partial charge on any atom is 0.193 e. The smallest absolute Gasteiger partial charge is 0.193 e. The Morgan fingerprint density at radius 3 is 3.18 bits per heavy atom. The molecule has 1 saturated heterocycles. The standard InChI is InChI=1S/C7H14N2O2/c1-6(2-7-4-10-7)3-9-11-5-8/h5-9H,2-4H2,1H3. The van der Waals surface area contributed by atoms with E-state index in [4.69, 9.17) is 10.1 Å². The van der Waals surface area contributed by atoms with Gasteiger partial charge in [0, 0.05) is 6.54 Å². The van der Waals surface area contributed by atoms with Gasteiger partial charge in [0.05, 0.1) is 12.7 Å². The first kappa shape index (κ1) is 8.49. The maximum absolute atomic E-state index is 6.57. The second kappa shape index (κ2) is 4.31. The van der Waals surface area contributed by atoms with Gasteiger partial charge in [0.2, 0.25) is 0 Å². The van der Waals surface area contributed by atoms with E-state index in [2.05, 4.69) is 17.2 Å². The summed E-state index contributed by atoms with van der Waals surface area (Å²) in [6, 6.07) is 0. The minimum atomic E-state index is 0.479. The molecule has 2 unspecified atom stereocenters. The third kappa shape index (κ3) is 3.95. The quantitative estimate of drug-likeness (QED) is 0.195. The molecule has 0 radical (unpaired) electrons. The van der Waals surface area contributed by atoms with Crippen LogP contribution >= 0.6 is 0 Å². The summed E-state index contributed by atoms with van der Waals surface area (Å²) in [5.41, 5.74) is 2.67. The van der Waals surface area contributed by atoms with Crippen LogP contribution in [0.15, 0.2) is 0 Å². The molecule has 4 nitrogen and oxygen atoms in total. The van der Waals surface area contributed by atoms with Crippen molar-refractivity contribution >= 4 is 6.40 Å². The van der Waals surface area contributed by atoms with Crippen molar-refractivity contribution in [3.8, 4) is 0 Å². The van der Waals surface area contributed by atoms with Crippen LogP contribution in [-0.4, -0.2) is 25.7 Å². The highest BCUT2D eigenvalue weighted by Crippen LogP contribution is 2.18. The molecule has 2 atom stereocenters. The largest absolute Gasteiger partial charge is 0.397 e. The molecular weight excluding hydrogens is 144 g/mol. The molecule has 11 heavy (non-hydrogen) atoms. The van der Waals surface area contributed by atoms with Crippen molar-refractivity contribution in [3.05, 3.63) is 0 Å². The highest BCUT2D eigenvalue weighted by Gasteiger charge is 2.24. The fourth-order valence-corrected chi connectivity index (χ4v) is 0.968. The van der Waals surface area contributed by atoms with E-state index in [0.717, 1.165) is 26.0 Å². The average Bonchev–Trinajstić information content (AvgIpc) is 2.72. The number of rotatable bonds is 6. The lowest BCUT2D eigenvalue weighted by Gasteiger charge is -2.08. The zero-order valence-electron chi connectivity index (χ0n) is 6.67. The average molecular weight is 158 g/mol. The fraction of sp³-hybridized carbons (Fsp3) is 0.857. The van der Waals surface area contributed by atoms with Gasteiger partial charge in [-0.15, -0.1) is 0 Å². The molecular formula is C7H14N2O2. The Hall–Kier alpha value is -0.610. The molecule has 1 aliphatic heterocycles. The summed E-state index contributed by atoms with van der Waals surface area (Å²) in [4.78, 5) is 4.56. The predicted octanol–water partition coefficient (Wildman–Crippen LogP) is 0.540. The molecule has 1 heterocycles. The zero-order chi connectivity index (χ0) is 8.10. The number of hydrogen-bond acceptors (Lipinski definition) is 4. The summed E-state index contributed by atoms with van der Waals surface area (Å²) < 4.78 is 5.07. The van der Waals surface area contributed by atoms with Gasteiger partial charge in [-0.2, -0.15) is 5.48 Å². The van der Waals surface area contributed by atoms with E-state index in [1.54, 1.807) is 0 Å². The molecule has 1 aliphatic rings. The van der Waals surface area contributed by atoms with Crippen molar-refractivity contribution in [2.45, 2.75) is 19.4 Å². The van der Waals surface area contributed by atoms with Crippen LogP contribution in [0.4, 0.5) is 0 Å². The summed E-state index contributed by atoms with van der Waals surface area (Å²) in [6.45, 7) is 3.81. The first-order valence-electron chi connectivity index (χ1n) is 3.82. The van der Waals surface area contributed by atoms with Crippen LogP contribution in [0.1, 0.15) is 13.3 Å². The monoisotopic (exact) mass is 158 g/mol. The Balaban J connectivity index is 1.91. The lowest BCUT2D eigenvalue weighted by molar-refractivity contribution is 0.170. The van der Waals surface area contributed by atoms with Gasteiger partial charge in [0.15, 0.2) is 6.40 Å². The van der Waals surface area contributed by atoms with E-state index in [1.807, 2.05) is 0 Å². The first-order chi connectivity index (χ1) is 5.33. The molecule has 0 aromatic carbocycles. The van der Waals surface area contributed by atoms with Crippen LogP contribution in [0, 0.1) is 11.3 Å². The third-order valence-electron chi connectivity index (χ3n) is 1.64. The summed E-state index contributed by atoms with van der Waals surface area (Å²) in [5.74, 6) is 0.544. The highest BCUT2D eigenvalue weighted by molar-refractivity contribution is 5.40. The molecule has 64 valence electrons. The summed E-state index contributed by atoms with van der Waals surface area (Å²) >= 11 is 0. The van der Waals surface area contributed by atoms with Gasteiger partial charge >= 0.3 is 0 Å². The number of nitrogens with one attached hydrogen (secondary N) is 2. The Morgan fingerprint density at radius 1 is 1.91 bits per heavy atom. The summed E-state index contributed by atoms with van der Waals surface area (Å²) in [6.07, 6.45) is 2.45. The number of epoxide rings is 1. The van der Waals surface area contributed by atoms with Gasteiger partial charge < -0.3 is 9.57 Å². The van der Waals surface area contributed by atoms with Crippen LogP contribution in [0.2, 0.25) is 0 Å². The maximum atomic E-state index is 6.57. The van der Waals surface area contributed by atoms with Gasteiger partial charge in [0.1, 0.15) is 0 Å². The number of ether oxygens (including phenoxy) is 1. The van der Waals surface area contributed by atoms with Crippen molar-refractivity contribution in [2.24, 2.45) is 5.92 Å². The lowest BCUT2D eigenvalue weighted by Crippen LogP contribution is -2.21. The Kier molecular flexibility index (Phi) is 3.32. The minimum Gasteiger partial charge on any atom is -0.397 e. The molecule has 0 saturated carbocycles. The topological polar surface area (TPSA) is 57.6 Å². The van der Waals surface area contributed by atoms with Gasteiger partial charge in [0.25, 0.3) is 0 Å². The Bertz CT molecular complexity index is 126. The van der Waals surface area contributed by atoms with E-state index in [1.165, 1.54) is 0 Å². The highest BCUT2D eigenvalue weighted by atomic mass is 16.6. The van der Waals surface area contributed by atoms with Crippen LogP contribution in [0.3, 0.4) is 0 Å². The van der Waals surface area contributed by atoms with E-state index in [-0.39, 0.29) is 0 Å². The molecule has 1 rings (SSSR count). The van der Waals surface area contributed by atoms with Crippen molar-refractivity contribution in [3.63, 3.8) is 0 Å². The molecule has 0 aliphatic carbocycles. The van der Waals surface area contributed by atoms with Crippen molar-refractivity contribution in [1.82, 2.24) is 5.48 Å². The van der Waals surface area contributed by atoms with Gasteiger partial charge in [-0.25, -0.2) is 0 Å². The van der Waals surface area contributed by atoms with E-state index in [9.17, 15) is 0 Å². The third-order valence-corrected chi connectivity index (χ3v) is 1.64. The van der Waals surface area contributed by atoms with Crippen LogP contribution < -0.4 is 5.48 Å². The van der Waals surface area contributed by atoms with Gasteiger partial charge in [-0.1, -0.05) is 6.92 Å². The minimum absolute atomic E-state index is 0.479. The predicted molar refractivity (Wildman–Crippen MR) is 41.4 cm³/mol.